The highest BCUT2D eigenvalue weighted by Gasteiger charge is 2.28. The minimum Gasteiger partial charge on any atom is -0.494 e. The van der Waals surface area contributed by atoms with Gasteiger partial charge in [0.15, 0.2) is 0 Å². The lowest BCUT2D eigenvalue weighted by molar-refractivity contribution is 0.304. The maximum absolute atomic E-state index is 6.22. The quantitative estimate of drug-likeness (QED) is 0.550. The molecule has 2 rings (SSSR count). The molecule has 0 spiro atoms. The van der Waals surface area contributed by atoms with Gasteiger partial charge in [0.05, 0.1) is 6.61 Å². The molecule has 0 aliphatic heterocycles. The summed E-state index contributed by atoms with van der Waals surface area (Å²) in [7, 11) is 0. The maximum atomic E-state index is 6.22. The van der Waals surface area contributed by atoms with Crippen molar-refractivity contribution in [3.8, 4) is 5.75 Å². The molecule has 0 aromatic heterocycles. The Morgan fingerprint density at radius 2 is 2.25 bits per heavy atom. The third-order valence-electron chi connectivity index (χ3n) is 2.82. The number of hydrogen-bond donors (Lipinski definition) is 0. The first kappa shape index (κ1) is 12.3. The van der Waals surface area contributed by atoms with Crippen LogP contribution < -0.4 is 4.74 Å². The van der Waals surface area contributed by atoms with Crippen LogP contribution in [0.5, 0.6) is 5.75 Å². The van der Waals surface area contributed by atoms with Crippen LogP contribution in [0.2, 0.25) is 0 Å². The van der Waals surface area contributed by atoms with Gasteiger partial charge in [-0.15, -0.1) is 11.6 Å². The van der Waals surface area contributed by atoms with Crippen molar-refractivity contribution in [2.45, 2.75) is 31.1 Å². The Labute approximate surface area is 110 Å². The van der Waals surface area contributed by atoms with E-state index in [1.165, 1.54) is 12.8 Å². The van der Waals surface area contributed by atoms with Crippen molar-refractivity contribution < 1.29 is 4.74 Å². The van der Waals surface area contributed by atoms with Crippen molar-refractivity contribution in [2.75, 3.05) is 6.61 Å². The first-order chi connectivity index (χ1) is 7.75. The van der Waals surface area contributed by atoms with E-state index >= 15 is 0 Å². The zero-order chi connectivity index (χ0) is 11.4. The van der Waals surface area contributed by atoms with Gasteiger partial charge in [0.1, 0.15) is 5.75 Å². The second kappa shape index (κ2) is 5.92. The van der Waals surface area contributed by atoms with E-state index in [4.69, 9.17) is 16.3 Å². The monoisotopic (exact) mass is 302 g/mol. The van der Waals surface area contributed by atoms with Gasteiger partial charge >= 0.3 is 0 Å². The Bertz CT molecular complexity index is 338. The van der Waals surface area contributed by atoms with Crippen LogP contribution in [-0.2, 0) is 0 Å². The van der Waals surface area contributed by atoms with Gasteiger partial charge in [0.2, 0.25) is 0 Å². The molecule has 88 valence electrons. The summed E-state index contributed by atoms with van der Waals surface area (Å²) in [6, 6.07) is 7.94. The average Bonchev–Trinajstić information content (AvgIpc) is 3.08. The SMILES string of the molecule is ClC(CCCOc1cccc(Br)c1)C1CC1. The van der Waals surface area contributed by atoms with Crippen molar-refractivity contribution >= 4 is 27.5 Å². The number of rotatable bonds is 6. The van der Waals surface area contributed by atoms with E-state index in [2.05, 4.69) is 15.9 Å². The molecule has 1 aromatic carbocycles. The lowest BCUT2D eigenvalue weighted by Gasteiger charge is -2.09. The molecule has 3 heteroatoms. The van der Waals surface area contributed by atoms with Crippen molar-refractivity contribution in [3.63, 3.8) is 0 Å². The largest absolute Gasteiger partial charge is 0.494 e. The molecule has 1 atom stereocenters. The molecule has 1 fully saturated rings. The molecule has 0 heterocycles. The molecule has 1 unspecified atom stereocenters. The van der Waals surface area contributed by atoms with Crippen LogP contribution in [-0.4, -0.2) is 12.0 Å². The first-order valence-corrected chi connectivity index (χ1v) is 7.01. The zero-order valence-electron chi connectivity index (χ0n) is 9.16. The van der Waals surface area contributed by atoms with Crippen LogP contribution in [0.4, 0.5) is 0 Å². The Hall–Kier alpha value is -0.210. The number of alkyl halides is 1. The molecule has 0 N–H and O–H groups in total. The smallest absolute Gasteiger partial charge is 0.120 e. The minimum atomic E-state index is 0.367. The molecule has 1 aromatic rings. The summed E-state index contributed by atoms with van der Waals surface area (Å²) in [5, 5.41) is 0.367. The van der Waals surface area contributed by atoms with E-state index in [9.17, 15) is 0 Å². The molecular weight excluding hydrogens is 287 g/mol. The fourth-order valence-electron chi connectivity index (χ4n) is 1.72. The molecule has 1 aliphatic carbocycles. The van der Waals surface area contributed by atoms with Crippen molar-refractivity contribution in [3.05, 3.63) is 28.7 Å². The van der Waals surface area contributed by atoms with E-state index in [-0.39, 0.29) is 0 Å². The predicted molar refractivity (Wildman–Crippen MR) is 71.2 cm³/mol. The fourth-order valence-corrected chi connectivity index (χ4v) is 2.50. The molecule has 1 aliphatic rings. The van der Waals surface area contributed by atoms with Crippen LogP contribution in [0, 0.1) is 5.92 Å². The van der Waals surface area contributed by atoms with Crippen LogP contribution in [0.25, 0.3) is 0 Å². The van der Waals surface area contributed by atoms with Crippen molar-refractivity contribution in [1.82, 2.24) is 0 Å². The Balaban J connectivity index is 1.63. The van der Waals surface area contributed by atoms with Crippen LogP contribution in [0.3, 0.4) is 0 Å². The van der Waals surface area contributed by atoms with Gasteiger partial charge in [0.25, 0.3) is 0 Å². The Morgan fingerprint density at radius 1 is 1.44 bits per heavy atom. The molecule has 0 saturated heterocycles. The lowest BCUT2D eigenvalue weighted by atomic mass is 10.2. The molecule has 1 nitrogen and oxygen atoms in total. The summed E-state index contributed by atoms with van der Waals surface area (Å²) in [5.41, 5.74) is 0. The van der Waals surface area contributed by atoms with E-state index in [1.54, 1.807) is 0 Å². The van der Waals surface area contributed by atoms with Gasteiger partial charge in [-0.2, -0.15) is 0 Å². The summed E-state index contributed by atoms with van der Waals surface area (Å²) in [4.78, 5) is 0. The normalized spacial score (nSPS) is 17.1. The molecule has 0 radical (unpaired) electrons. The van der Waals surface area contributed by atoms with Crippen LogP contribution >= 0.6 is 27.5 Å². The number of halogens is 2. The van der Waals surface area contributed by atoms with Gasteiger partial charge in [-0.05, 0) is 49.8 Å². The lowest BCUT2D eigenvalue weighted by Crippen LogP contribution is -2.05. The first-order valence-electron chi connectivity index (χ1n) is 5.78. The summed E-state index contributed by atoms with van der Waals surface area (Å²) < 4.78 is 6.70. The van der Waals surface area contributed by atoms with Crippen molar-refractivity contribution in [1.29, 1.82) is 0 Å². The highest BCUT2D eigenvalue weighted by molar-refractivity contribution is 9.10. The van der Waals surface area contributed by atoms with Crippen molar-refractivity contribution in [2.24, 2.45) is 5.92 Å². The van der Waals surface area contributed by atoms with E-state index in [0.29, 0.717) is 5.38 Å². The van der Waals surface area contributed by atoms with Gasteiger partial charge in [-0.25, -0.2) is 0 Å². The predicted octanol–water partition coefficient (Wildman–Crippen LogP) is 4.63. The summed E-state index contributed by atoms with van der Waals surface area (Å²) in [5.74, 6) is 1.71. The molecular formula is C13H16BrClO. The summed E-state index contributed by atoms with van der Waals surface area (Å²) >= 11 is 9.64. The zero-order valence-corrected chi connectivity index (χ0v) is 11.5. The van der Waals surface area contributed by atoms with E-state index < -0.39 is 0 Å². The standard InChI is InChI=1S/C13H16BrClO/c14-11-3-1-4-12(9-11)16-8-2-5-13(15)10-6-7-10/h1,3-4,9-10,13H,2,5-8H2. The van der Waals surface area contributed by atoms with Crippen LogP contribution in [0.15, 0.2) is 28.7 Å². The molecule has 0 amide bonds. The highest BCUT2D eigenvalue weighted by Crippen LogP contribution is 2.37. The summed E-state index contributed by atoms with van der Waals surface area (Å²) in [6.07, 6.45) is 4.75. The molecule has 0 bridgehead atoms. The van der Waals surface area contributed by atoms with E-state index in [0.717, 1.165) is 35.6 Å². The van der Waals surface area contributed by atoms with Gasteiger partial charge in [0, 0.05) is 9.85 Å². The van der Waals surface area contributed by atoms with E-state index in [1.807, 2.05) is 24.3 Å². The second-order valence-corrected chi connectivity index (χ2v) is 5.78. The highest BCUT2D eigenvalue weighted by atomic mass is 79.9. The summed E-state index contributed by atoms with van der Waals surface area (Å²) in [6.45, 7) is 0.756. The van der Waals surface area contributed by atoms with Gasteiger partial charge in [-0.1, -0.05) is 22.0 Å². The second-order valence-electron chi connectivity index (χ2n) is 4.30. The van der Waals surface area contributed by atoms with Gasteiger partial charge < -0.3 is 4.74 Å². The third-order valence-corrected chi connectivity index (χ3v) is 3.89. The van der Waals surface area contributed by atoms with Gasteiger partial charge in [-0.3, -0.25) is 0 Å². The Morgan fingerprint density at radius 3 is 2.94 bits per heavy atom. The van der Waals surface area contributed by atoms with Crippen LogP contribution in [0.1, 0.15) is 25.7 Å². The molecule has 16 heavy (non-hydrogen) atoms. The topological polar surface area (TPSA) is 9.23 Å². The number of benzene rings is 1. The number of hydrogen-bond acceptors (Lipinski definition) is 1. The minimum absolute atomic E-state index is 0.367. The Kier molecular flexibility index (Phi) is 4.54. The maximum Gasteiger partial charge on any atom is 0.120 e. The third kappa shape index (κ3) is 3.99. The number of ether oxygens (including phenoxy) is 1. The average molecular weight is 304 g/mol. The fraction of sp³-hybridized carbons (Fsp3) is 0.538. The molecule has 1 saturated carbocycles.